The van der Waals surface area contributed by atoms with Crippen molar-refractivity contribution in [3.05, 3.63) is 33.8 Å². The predicted molar refractivity (Wildman–Crippen MR) is 102 cm³/mol. The van der Waals surface area contributed by atoms with Crippen LogP contribution < -0.4 is 5.32 Å². The van der Waals surface area contributed by atoms with E-state index in [1.165, 1.54) is 0 Å². The molecule has 4 nitrogen and oxygen atoms in total. The van der Waals surface area contributed by atoms with Gasteiger partial charge in [0.2, 0.25) is 0 Å². The van der Waals surface area contributed by atoms with Gasteiger partial charge in [-0.1, -0.05) is 36.2 Å². The van der Waals surface area contributed by atoms with E-state index in [1.807, 2.05) is 18.2 Å². The number of halogens is 2. The molecule has 2 unspecified atom stereocenters. The number of hydrogen-bond acceptors (Lipinski definition) is 2. The van der Waals surface area contributed by atoms with Crippen molar-refractivity contribution in [3.8, 4) is 0 Å². The first-order chi connectivity index (χ1) is 11.5. The molecule has 24 heavy (non-hydrogen) atoms. The maximum Gasteiger partial charge on any atom is 0.193 e. The lowest BCUT2D eigenvalue weighted by Crippen LogP contribution is -2.41. The van der Waals surface area contributed by atoms with E-state index < -0.39 is 0 Å². The first-order valence-corrected chi connectivity index (χ1v) is 9.29. The van der Waals surface area contributed by atoms with E-state index in [9.17, 15) is 0 Å². The lowest BCUT2D eigenvalue weighted by Gasteiger charge is -2.25. The third-order valence-corrected chi connectivity index (χ3v) is 4.92. The predicted octanol–water partition coefficient (Wildman–Crippen LogP) is 4.03. The quantitative estimate of drug-likeness (QED) is 0.605. The molecule has 0 aliphatic carbocycles. The molecule has 1 fully saturated rings. The molecule has 1 N–H and O–H groups in total. The van der Waals surface area contributed by atoms with Gasteiger partial charge in [-0.3, -0.25) is 4.99 Å². The molecule has 1 aromatic rings. The summed E-state index contributed by atoms with van der Waals surface area (Å²) in [6, 6.07) is 5.62. The zero-order valence-electron chi connectivity index (χ0n) is 14.7. The number of nitrogens with one attached hydrogen (secondary N) is 1. The molecular formula is C18H27Cl2N3O. The fourth-order valence-electron chi connectivity index (χ4n) is 2.97. The number of guanidine groups is 1. The number of rotatable bonds is 6. The molecule has 0 aromatic heterocycles. The summed E-state index contributed by atoms with van der Waals surface area (Å²) in [6.07, 6.45) is 1.12. The van der Waals surface area contributed by atoms with Crippen molar-refractivity contribution in [2.45, 2.75) is 26.2 Å². The number of ether oxygens (including phenoxy) is 1. The van der Waals surface area contributed by atoms with Crippen molar-refractivity contribution in [1.82, 2.24) is 10.2 Å². The van der Waals surface area contributed by atoms with Gasteiger partial charge in [-0.05, 0) is 31.0 Å². The van der Waals surface area contributed by atoms with Crippen molar-refractivity contribution >= 4 is 29.2 Å². The van der Waals surface area contributed by atoms with Crippen LogP contribution in [0, 0.1) is 5.92 Å². The molecule has 6 heteroatoms. The van der Waals surface area contributed by atoms with Crippen molar-refractivity contribution in [3.63, 3.8) is 0 Å². The van der Waals surface area contributed by atoms with Gasteiger partial charge in [0, 0.05) is 55.2 Å². The topological polar surface area (TPSA) is 36.9 Å². The van der Waals surface area contributed by atoms with E-state index in [-0.39, 0.29) is 5.92 Å². The molecule has 0 spiro atoms. The minimum Gasteiger partial charge on any atom is -0.381 e. The highest BCUT2D eigenvalue weighted by Crippen LogP contribution is 2.31. The Morgan fingerprint density at radius 3 is 2.71 bits per heavy atom. The smallest absolute Gasteiger partial charge is 0.193 e. The van der Waals surface area contributed by atoms with Crippen LogP contribution in [0.3, 0.4) is 0 Å². The van der Waals surface area contributed by atoms with Gasteiger partial charge in [0.1, 0.15) is 0 Å². The molecule has 2 atom stereocenters. The zero-order chi connectivity index (χ0) is 17.5. The van der Waals surface area contributed by atoms with Gasteiger partial charge >= 0.3 is 0 Å². The van der Waals surface area contributed by atoms with E-state index in [2.05, 4.69) is 31.1 Å². The van der Waals surface area contributed by atoms with E-state index >= 15 is 0 Å². The molecule has 0 amide bonds. The van der Waals surface area contributed by atoms with Crippen LogP contribution in [0.25, 0.3) is 0 Å². The van der Waals surface area contributed by atoms with Gasteiger partial charge in [0.15, 0.2) is 5.96 Å². The van der Waals surface area contributed by atoms with Crippen LogP contribution in [0.2, 0.25) is 10.0 Å². The van der Waals surface area contributed by atoms with Crippen LogP contribution in [-0.2, 0) is 4.74 Å². The fourth-order valence-corrected chi connectivity index (χ4v) is 3.74. The average molecular weight is 372 g/mol. The molecule has 1 aliphatic heterocycles. The Labute approximate surface area is 155 Å². The molecule has 134 valence electrons. The van der Waals surface area contributed by atoms with Crippen LogP contribution in [0.15, 0.2) is 23.2 Å². The molecule has 0 radical (unpaired) electrons. The summed E-state index contributed by atoms with van der Waals surface area (Å²) in [7, 11) is 2.08. The highest BCUT2D eigenvalue weighted by molar-refractivity contribution is 6.36. The fraction of sp³-hybridized carbons (Fsp3) is 0.611. The average Bonchev–Trinajstić information content (AvgIpc) is 3.04. The summed E-state index contributed by atoms with van der Waals surface area (Å²) in [4.78, 5) is 6.97. The Morgan fingerprint density at radius 2 is 2.12 bits per heavy atom. The van der Waals surface area contributed by atoms with Crippen LogP contribution in [0.1, 0.15) is 31.7 Å². The highest BCUT2D eigenvalue weighted by Gasteiger charge is 2.19. The Bertz CT molecular complexity index is 539. The molecule has 1 aromatic carbocycles. The van der Waals surface area contributed by atoms with Crippen molar-refractivity contribution in [2.24, 2.45) is 10.9 Å². The van der Waals surface area contributed by atoms with E-state index in [0.717, 1.165) is 44.2 Å². The van der Waals surface area contributed by atoms with Gasteiger partial charge in [-0.2, -0.15) is 0 Å². The first kappa shape index (κ1) is 19.4. The minimum absolute atomic E-state index is 0.156. The van der Waals surface area contributed by atoms with Crippen molar-refractivity contribution < 1.29 is 4.74 Å². The lowest BCUT2D eigenvalue weighted by atomic mass is 10.0. The van der Waals surface area contributed by atoms with E-state index in [1.54, 1.807) is 0 Å². The second kappa shape index (κ2) is 9.50. The Kier molecular flexibility index (Phi) is 7.66. The number of aliphatic imine (C=N–C) groups is 1. The Balaban J connectivity index is 2.03. The SMILES string of the molecule is CCNC(=NCC(C)c1c(Cl)cccc1Cl)N(C)CC1CCOC1. The normalized spacial score (nSPS) is 19.4. The monoisotopic (exact) mass is 371 g/mol. The van der Waals surface area contributed by atoms with Gasteiger partial charge in [0.05, 0.1) is 6.61 Å². The van der Waals surface area contributed by atoms with Gasteiger partial charge < -0.3 is 15.0 Å². The van der Waals surface area contributed by atoms with Gasteiger partial charge in [0.25, 0.3) is 0 Å². The molecule has 2 rings (SSSR count). The standard InChI is InChI=1S/C18H27Cl2N3O/c1-4-21-18(23(3)11-14-8-9-24-12-14)22-10-13(2)17-15(19)6-5-7-16(17)20/h5-7,13-14H,4,8-12H2,1-3H3,(H,21,22). The summed E-state index contributed by atoms with van der Waals surface area (Å²) in [5.74, 6) is 1.65. The van der Waals surface area contributed by atoms with Crippen molar-refractivity contribution in [1.29, 1.82) is 0 Å². The number of nitrogens with zero attached hydrogens (tertiary/aromatic N) is 2. The van der Waals surface area contributed by atoms with Crippen LogP contribution in [0.4, 0.5) is 0 Å². The van der Waals surface area contributed by atoms with Crippen LogP contribution in [-0.4, -0.2) is 50.8 Å². The zero-order valence-corrected chi connectivity index (χ0v) is 16.2. The molecule has 0 saturated carbocycles. The minimum atomic E-state index is 0.156. The van der Waals surface area contributed by atoms with Gasteiger partial charge in [-0.25, -0.2) is 0 Å². The molecular weight excluding hydrogens is 345 g/mol. The molecule has 0 bridgehead atoms. The first-order valence-electron chi connectivity index (χ1n) is 8.54. The molecule has 1 aliphatic rings. The Morgan fingerprint density at radius 1 is 1.42 bits per heavy atom. The van der Waals surface area contributed by atoms with E-state index in [0.29, 0.717) is 22.5 Å². The number of benzene rings is 1. The second-order valence-corrected chi connectivity index (χ2v) is 7.16. The van der Waals surface area contributed by atoms with Crippen LogP contribution in [0.5, 0.6) is 0 Å². The Hall–Kier alpha value is -0.970. The number of hydrogen-bond donors (Lipinski definition) is 1. The summed E-state index contributed by atoms with van der Waals surface area (Å²) in [6.45, 7) is 8.32. The van der Waals surface area contributed by atoms with Gasteiger partial charge in [-0.15, -0.1) is 0 Å². The van der Waals surface area contributed by atoms with E-state index in [4.69, 9.17) is 32.9 Å². The summed E-state index contributed by atoms with van der Waals surface area (Å²) in [5.41, 5.74) is 0.965. The maximum atomic E-state index is 6.30. The lowest BCUT2D eigenvalue weighted by molar-refractivity contribution is 0.181. The van der Waals surface area contributed by atoms with Crippen molar-refractivity contribution in [2.75, 3.05) is 39.9 Å². The summed E-state index contributed by atoms with van der Waals surface area (Å²) < 4.78 is 5.46. The third-order valence-electron chi connectivity index (χ3n) is 4.26. The maximum absolute atomic E-state index is 6.30. The molecule has 1 saturated heterocycles. The second-order valence-electron chi connectivity index (χ2n) is 6.34. The highest BCUT2D eigenvalue weighted by atomic mass is 35.5. The molecule has 1 heterocycles. The van der Waals surface area contributed by atoms with Crippen LogP contribution >= 0.6 is 23.2 Å². The summed E-state index contributed by atoms with van der Waals surface area (Å²) in [5, 5.41) is 4.76. The summed E-state index contributed by atoms with van der Waals surface area (Å²) >= 11 is 12.6. The largest absolute Gasteiger partial charge is 0.381 e. The third kappa shape index (κ3) is 5.27.